The first-order valence-electron chi connectivity index (χ1n) is 7.41. The minimum absolute atomic E-state index is 0.0161. The van der Waals surface area contributed by atoms with Gasteiger partial charge in [0.15, 0.2) is 0 Å². The van der Waals surface area contributed by atoms with E-state index in [4.69, 9.17) is 11.6 Å². The Hall–Kier alpha value is -3.72. The van der Waals surface area contributed by atoms with Crippen molar-refractivity contribution in [2.24, 2.45) is 0 Å². The Kier molecular flexibility index (Phi) is 4.61. The fourth-order valence-electron chi connectivity index (χ4n) is 2.46. The summed E-state index contributed by atoms with van der Waals surface area (Å²) < 4.78 is 0. The summed E-state index contributed by atoms with van der Waals surface area (Å²) in [7, 11) is 0. The van der Waals surface area contributed by atoms with Crippen LogP contribution in [0.1, 0.15) is 10.4 Å². The lowest BCUT2D eigenvalue weighted by Crippen LogP contribution is -2.32. The van der Waals surface area contributed by atoms with Gasteiger partial charge < -0.3 is 15.2 Å². The number of nitrogens with zero attached hydrogens (tertiary/aromatic N) is 2. The summed E-state index contributed by atoms with van der Waals surface area (Å²) in [4.78, 5) is 46.9. The quantitative estimate of drug-likeness (QED) is 0.466. The fraction of sp³-hybridized carbons (Fsp3) is 0. The Morgan fingerprint density at radius 2 is 1.78 bits per heavy atom. The number of non-ortho nitro benzene ring substituents is 1. The molecular weight excluding hydrogens is 378 g/mol. The molecule has 0 saturated carbocycles. The number of benzene rings is 2. The Morgan fingerprint density at radius 1 is 1.07 bits per heavy atom. The summed E-state index contributed by atoms with van der Waals surface area (Å²) in [6.45, 7) is 0. The summed E-state index contributed by atoms with van der Waals surface area (Å²) in [6, 6.07) is 10.4. The number of aromatic carboxylic acids is 1. The third kappa shape index (κ3) is 3.35. The number of amides is 2. The minimum Gasteiger partial charge on any atom is -0.545 e. The van der Waals surface area contributed by atoms with E-state index in [2.05, 4.69) is 5.32 Å². The molecule has 27 heavy (non-hydrogen) atoms. The molecule has 0 spiro atoms. The van der Waals surface area contributed by atoms with Crippen molar-refractivity contribution in [1.29, 1.82) is 0 Å². The first kappa shape index (κ1) is 18.1. The highest BCUT2D eigenvalue weighted by Crippen LogP contribution is 2.31. The van der Waals surface area contributed by atoms with Crippen molar-refractivity contribution < 1.29 is 24.4 Å². The number of hydrogen-bond acceptors (Lipinski definition) is 7. The molecule has 0 unspecified atom stereocenters. The molecule has 0 saturated heterocycles. The monoisotopic (exact) mass is 386 g/mol. The summed E-state index contributed by atoms with van der Waals surface area (Å²) in [5, 5.41) is 24.0. The number of anilines is 2. The van der Waals surface area contributed by atoms with E-state index in [1.807, 2.05) is 0 Å². The van der Waals surface area contributed by atoms with Crippen molar-refractivity contribution in [2.75, 3.05) is 10.2 Å². The van der Waals surface area contributed by atoms with Gasteiger partial charge in [-0.3, -0.25) is 19.7 Å². The number of carboxylic acid groups (broad SMARTS) is 1. The summed E-state index contributed by atoms with van der Waals surface area (Å²) in [5.74, 6) is -3.10. The molecule has 0 aromatic heterocycles. The van der Waals surface area contributed by atoms with Crippen LogP contribution in [0.25, 0.3) is 0 Å². The van der Waals surface area contributed by atoms with Crippen LogP contribution in [-0.2, 0) is 9.59 Å². The van der Waals surface area contributed by atoms with E-state index in [0.29, 0.717) is 4.90 Å². The van der Waals surface area contributed by atoms with E-state index in [1.54, 1.807) is 0 Å². The molecule has 10 heteroatoms. The van der Waals surface area contributed by atoms with Gasteiger partial charge in [-0.2, -0.15) is 0 Å². The molecule has 1 heterocycles. The zero-order valence-corrected chi connectivity index (χ0v) is 14.1. The molecule has 0 atom stereocenters. The van der Waals surface area contributed by atoms with Gasteiger partial charge in [0.25, 0.3) is 17.5 Å². The van der Waals surface area contributed by atoms with Gasteiger partial charge in [-0.15, -0.1) is 0 Å². The van der Waals surface area contributed by atoms with Crippen molar-refractivity contribution in [1.82, 2.24) is 0 Å². The van der Waals surface area contributed by atoms with Crippen LogP contribution in [0.15, 0.2) is 59.3 Å². The van der Waals surface area contributed by atoms with Gasteiger partial charge in [-0.05, 0) is 23.8 Å². The molecule has 0 fully saturated rings. The molecule has 2 aromatic carbocycles. The number of imide groups is 1. The molecule has 3 rings (SSSR count). The molecule has 0 aliphatic carbocycles. The molecule has 0 bridgehead atoms. The second-order valence-electron chi connectivity index (χ2n) is 5.40. The first-order valence-corrected chi connectivity index (χ1v) is 7.79. The lowest BCUT2D eigenvalue weighted by atomic mass is 10.2. The van der Waals surface area contributed by atoms with Crippen LogP contribution in [0.5, 0.6) is 0 Å². The van der Waals surface area contributed by atoms with Gasteiger partial charge in [0.2, 0.25) is 0 Å². The second kappa shape index (κ2) is 6.89. The number of nitro benzene ring substituents is 1. The number of carbonyl (C=O) groups excluding carboxylic acids is 3. The number of rotatable bonds is 5. The molecule has 9 nitrogen and oxygen atoms in total. The normalized spacial score (nSPS) is 13.9. The Morgan fingerprint density at radius 3 is 2.44 bits per heavy atom. The molecule has 0 radical (unpaired) electrons. The molecule has 136 valence electrons. The fourth-order valence-corrected chi connectivity index (χ4v) is 2.67. The molecule has 1 N–H and O–H groups in total. The highest BCUT2D eigenvalue weighted by molar-refractivity contribution is 6.53. The number of carbonyl (C=O) groups is 3. The number of halogens is 1. The standard InChI is InChI=1S/C17H10ClN3O6/c18-13-14(19-10-4-1-3-9(7-10)17(24)25)16(23)20(15(13)22)11-5-2-6-12(8-11)21(26)27/h1-8,19H,(H,24,25)/p-1. The van der Waals surface area contributed by atoms with Gasteiger partial charge in [0, 0.05) is 17.8 Å². The summed E-state index contributed by atoms with van der Waals surface area (Å²) in [6.07, 6.45) is 0. The van der Waals surface area contributed by atoms with E-state index < -0.39 is 27.7 Å². The average Bonchev–Trinajstić information content (AvgIpc) is 2.85. The first-order chi connectivity index (χ1) is 12.8. The summed E-state index contributed by atoms with van der Waals surface area (Å²) in [5.41, 5.74) is -0.524. The van der Waals surface area contributed by atoms with Gasteiger partial charge in [0.05, 0.1) is 16.6 Å². The maximum atomic E-state index is 12.6. The van der Waals surface area contributed by atoms with Crippen molar-refractivity contribution in [3.63, 3.8) is 0 Å². The second-order valence-corrected chi connectivity index (χ2v) is 5.78. The molecule has 2 amide bonds. The smallest absolute Gasteiger partial charge is 0.283 e. The zero-order valence-electron chi connectivity index (χ0n) is 13.3. The zero-order chi connectivity index (χ0) is 19.7. The summed E-state index contributed by atoms with van der Waals surface area (Å²) >= 11 is 5.97. The Labute approximate surface area is 156 Å². The van der Waals surface area contributed by atoms with Crippen LogP contribution < -0.4 is 15.3 Å². The highest BCUT2D eigenvalue weighted by atomic mass is 35.5. The third-order valence-electron chi connectivity index (χ3n) is 3.69. The van der Waals surface area contributed by atoms with E-state index in [-0.39, 0.29) is 28.3 Å². The lowest BCUT2D eigenvalue weighted by Gasteiger charge is -2.15. The van der Waals surface area contributed by atoms with Crippen LogP contribution in [0, 0.1) is 10.1 Å². The number of hydrogen-bond donors (Lipinski definition) is 1. The average molecular weight is 387 g/mol. The minimum atomic E-state index is -1.41. The Balaban J connectivity index is 1.93. The van der Waals surface area contributed by atoms with Crippen molar-refractivity contribution in [2.45, 2.75) is 0 Å². The van der Waals surface area contributed by atoms with E-state index in [9.17, 15) is 29.6 Å². The van der Waals surface area contributed by atoms with Gasteiger partial charge in [0.1, 0.15) is 10.7 Å². The molecule has 2 aromatic rings. The van der Waals surface area contributed by atoms with Gasteiger partial charge >= 0.3 is 0 Å². The SMILES string of the molecule is O=C([O-])c1cccc(NC2=C(Cl)C(=O)N(c3cccc([N+](=O)[O-])c3)C2=O)c1. The third-order valence-corrected chi connectivity index (χ3v) is 4.04. The maximum absolute atomic E-state index is 12.6. The van der Waals surface area contributed by atoms with Crippen molar-refractivity contribution in [3.8, 4) is 0 Å². The molecule has 1 aliphatic heterocycles. The molecule has 1 aliphatic rings. The largest absolute Gasteiger partial charge is 0.545 e. The van der Waals surface area contributed by atoms with Crippen LogP contribution in [0.2, 0.25) is 0 Å². The van der Waals surface area contributed by atoms with E-state index in [1.165, 1.54) is 42.5 Å². The van der Waals surface area contributed by atoms with Crippen LogP contribution in [0.4, 0.5) is 17.1 Å². The number of nitro groups is 1. The van der Waals surface area contributed by atoms with E-state index in [0.717, 1.165) is 6.07 Å². The topological polar surface area (TPSA) is 133 Å². The van der Waals surface area contributed by atoms with Crippen LogP contribution in [-0.4, -0.2) is 22.7 Å². The van der Waals surface area contributed by atoms with Crippen molar-refractivity contribution >= 4 is 46.4 Å². The Bertz CT molecular complexity index is 1030. The number of nitrogens with one attached hydrogen (secondary N) is 1. The highest BCUT2D eigenvalue weighted by Gasteiger charge is 2.39. The predicted octanol–water partition coefficient (Wildman–Crippen LogP) is 1.39. The van der Waals surface area contributed by atoms with Gasteiger partial charge in [-0.1, -0.05) is 29.8 Å². The predicted molar refractivity (Wildman–Crippen MR) is 92.9 cm³/mol. The van der Waals surface area contributed by atoms with Crippen LogP contribution >= 0.6 is 11.6 Å². The van der Waals surface area contributed by atoms with Crippen LogP contribution in [0.3, 0.4) is 0 Å². The van der Waals surface area contributed by atoms with Crippen molar-refractivity contribution in [3.05, 3.63) is 74.9 Å². The van der Waals surface area contributed by atoms with Gasteiger partial charge in [-0.25, -0.2) is 4.90 Å². The maximum Gasteiger partial charge on any atom is 0.283 e. The lowest BCUT2D eigenvalue weighted by molar-refractivity contribution is -0.384. The van der Waals surface area contributed by atoms with E-state index >= 15 is 0 Å². The molecular formula is C17H9ClN3O6-. The number of carboxylic acids is 1.